The Morgan fingerprint density at radius 3 is 2.37 bits per heavy atom. The van der Waals surface area contributed by atoms with Crippen molar-refractivity contribution in [1.82, 2.24) is 0 Å². The van der Waals surface area contributed by atoms with Gasteiger partial charge in [0.15, 0.2) is 11.5 Å². The van der Waals surface area contributed by atoms with Crippen molar-refractivity contribution in [2.45, 2.75) is 13.8 Å². The molecule has 0 aromatic heterocycles. The SMILES string of the molecule is CC=CC=CC(=O)Nc1cc(OC)c(OC)cc1C. The zero-order chi connectivity index (χ0) is 14.3. The highest BCUT2D eigenvalue weighted by Gasteiger charge is 2.09. The summed E-state index contributed by atoms with van der Waals surface area (Å²) in [5.41, 5.74) is 1.61. The molecule has 0 aliphatic carbocycles. The molecule has 1 rings (SSSR count). The number of benzene rings is 1. The molecule has 0 fully saturated rings. The van der Waals surface area contributed by atoms with Crippen molar-refractivity contribution in [2.75, 3.05) is 19.5 Å². The Labute approximate surface area is 113 Å². The van der Waals surface area contributed by atoms with Crippen molar-refractivity contribution in [3.05, 3.63) is 42.0 Å². The van der Waals surface area contributed by atoms with Crippen LogP contribution < -0.4 is 14.8 Å². The van der Waals surface area contributed by atoms with Crippen molar-refractivity contribution >= 4 is 11.6 Å². The molecular weight excluding hydrogens is 242 g/mol. The number of nitrogens with one attached hydrogen (secondary N) is 1. The molecule has 1 amide bonds. The van der Waals surface area contributed by atoms with E-state index in [4.69, 9.17) is 9.47 Å². The number of ether oxygens (including phenoxy) is 2. The maximum Gasteiger partial charge on any atom is 0.248 e. The third-order valence-electron chi connectivity index (χ3n) is 2.54. The van der Waals surface area contributed by atoms with Crippen LogP contribution in [0.2, 0.25) is 0 Å². The van der Waals surface area contributed by atoms with Crippen molar-refractivity contribution < 1.29 is 14.3 Å². The van der Waals surface area contributed by atoms with E-state index in [9.17, 15) is 4.79 Å². The van der Waals surface area contributed by atoms with E-state index in [1.807, 2.05) is 26.0 Å². The van der Waals surface area contributed by atoms with Crippen LogP contribution in [0.1, 0.15) is 12.5 Å². The van der Waals surface area contributed by atoms with Gasteiger partial charge in [0.25, 0.3) is 0 Å². The van der Waals surface area contributed by atoms with E-state index in [1.165, 1.54) is 6.08 Å². The molecule has 102 valence electrons. The quantitative estimate of drug-likeness (QED) is 0.654. The highest BCUT2D eigenvalue weighted by molar-refractivity contribution is 6.00. The lowest BCUT2D eigenvalue weighted by Gasteiger charge is -2.12. The van der Waals surface area contributed by atoms with E-state index >= 15 is 0 Å². The molecule has 0 spiro atoms. The number of hydrogen-bond acceptors (Lipinski definition) is 3. The molecule has 0 radical (unpaired) electrons. The number of hydrogen-bond donors (Lipinski definition) is 1. The molecule has 4 nitrogen and oxygen atoms in total. The van der Waals surface area contributed by atoms with Crippen molar-refractivity contribution in [1.29, 1.82) is 0 Å². The first-order chi connectivity index (χ1) is 9.12. The van der Waals surface area contributed by atoms with Crippen LogP contribution in [0.5, 0.6) is 11.5 Å². The zero-order valence-electron chi connectivity index (χ0n) is 11.7. The van der Waals surface area contributed by atoms with Gasteiger partial charge in [-0.25, -0.2) is 0 Å². The average molecular weight is 261 g/mol. The van der Waals surface area contributed by atoms with Crippen LogP contribution in [0.3, 0.4) is 0 Å². The summed E-state index contributed by atoms with van der Waals surface area (Å²) in [5, 5.41) is 2.80. The van der Waals surface area contributed by atoms with Crippen LogP contribution in [-0.4, -0.2) is 20.1 Å². The molecule has 19 heavy (non-hydrogen) atoms. The molecule has 0 atom stereocenters. The number of rotatable bonds is 5. The molecule has 0 heterocycles. The summed E-state index contributed by atoms with van der Waals surface area (Å²) in [6.07, 6.45) is 6.80. The van der Waals surface area contributed by atoms with E-state index in [0.29, 0.717) is 17.2 Å². The fraction of sp³-hybridized carbons (Fsp3) is 0.267. The lowest BCUT2D eigenvalue weighted by atomic mass is 10.1. The summed E-state index contributed by atoms with van der Waals surface area (Å²) in [6.45, 7) is 3.79. The number of anilines is 1. The minimum absolute atomic E-state index is 0.187. The maximum absolute atomic E-state index is 11.7. The normalized spacial score (nSPS) is 10.9. The molecule has 4 heteroatoms. The lowest BCUT2D eigenvalue weighted by molar-refractivity contribution is -0.111. The molecule has 1 aromatic carbocycles. The first kappa shape index (κ1) is 14.8. The highest BCUT2D eigenvalue weighted by atomic mass is 16.5. The third-order valence-corrected chi connectivity index (χ3v) is 2.54. The van der Waals surface area contributed by atoms with Gasteiger partial charge in [-0.3, -0.25) is 4.79 Å². The van der Waals surface area contributed by atoms with E-state index in [2.05, 4.69) is 5.32 Å². The standard InChI is InChI=1S/C15H19NO3/c1-5-6-7-8-15(17)16-12-10-14(19-4)13(18-3)9-11(12)2/h5-10H,1-4H3,(H,16,17). The fourth-order valence-electron chi connectivity index (χ4n) is 1.54. The summed E-state index contributed by atoms with van der Waals surface area (Å²) in [5.74, 6) is 1.04. The second-order valence-corrected chi connectivity index (χ2v) is 3.90. The molecule has 0 saturated heterocycles. The van der Waals surface area contributed by atoms with E-state index < -0.39 is 0 Å². The van der Waals surface area contributed by atoms with E-state index in [1.54, 1.807) is 32.4 Å². The fourth-order valence-corrected chi connectivity index (χ4v) is 1.54. The van der Waals surface area contributed by atoms with Crippen LogP contribution in [0.25, 0.3) is 0 Å². The van der Waals surface area contributed by atoms with Crippen LogP contribution in [0.15, 0.2) is 36.4 Å². The molecule has 0 aliphatic rings. The van der Waals surface area contributed by atoms with Crippen LogP contribution in [0, 0.1) is 6.92 Å². The number of aryl methyl sites for hydroxylation is 1. The molecular formula is C15H19NO3. The number of carbonyl (C=O) groups excluding carboxylic acids is 1. The van der Waals surface area contributed by atoms with Gasteiger partial charge in [0.2, 0.25) is 5.91 Å². The van der Waals surface area contributed by atoms with Gasteiger partial charge in [-0.1, -0.05) is 18.2 Å². The topological polar surface area (TPSA) is 47.6 Å². The van der Waals surface area contributed by atoms with Crippen LogP contribution >= 0.6 is 0 Å². The minimum Gasteiger partial charge on any atom is -0.493 e. The maximum atomic E-state index is 11.7. The van der Waals surface area contributed by atoms with Crippen molar-refractivity contribution in [3.8, 4) is 11.5 Å². The lowest BCUT2D eigenvalue weighted by Crippen LogP contribution is -2.09. The Kier molecular flexibility index (Phi) is 5.67. The second-order valence-electron chi connectivity index (χ2n) is 3.90. The van der Waals surface area contributed by atoms with Gasteiger partial charge in [0.1, 0.15) is 0 Å². The van der Waals surface area contributed by atoms with Gasteiger partial charge in [-0.05, 0) is 25.5 Å². The van der Waals surface area contributed by atoms with Gasteiger partial charge < -0.3 is 14.8 Å². The average Bonchev–Trinajstić information content (AvgIpc) is 2.40. The first-order valence-electron chi connectivity index (χ1n) is 5.95. The van der Waals surface area contributed by atoms with Gasteiger partial charge in [0.05, 0.1) is 14.2 Å². The van der Waals surface area contributed by atoms with E-state index in [-0.39, 0.29) is 5.91 Å². The molecule has 0 aliphatic heterocycles. The Balaban J connectivity index is 2.92. The van der Waals surface area contributed by atoms with E-state index in [0.717, 1.165) is 5.56 Å². The Bertz CT molecular complexity index is 504. The van der Waals surface area contributed by atoms with Gasteiger partial charge in [-0.15, -0.1) is 0 Å². The first-order valence-corrected chi connectivity index (χ1v) is 5.95. The summed E-state index contributed by atoms with van der Waals surface area (Å²) in [6, 6.07) is 3.57. The predicted molar refractivity (Wildman–Crippen MR) is 76.9 cm³/mol. The zero-order valence-corrected chi connectivity index (χ0v) is 11.7. The van der Waals surface area contributed by atoms with Gasteiger partial charge in [0, 0.05) is 17.8 Å². The molecule has 0 saturated carbocycles. The summed E-state index contributed by atoms with van der Waals surface area (Å²) < 4.78 is 10.4. The second kappa shape index (κ2) is 7.26. The molecule has 0 bridgehead atoms. The van der Waals surface area contributed by atoms with Crippen molar-refractivity contribution in [3.63, 3.8) is 0 Å². The van der Waals surface area contributed by atoms with Crippen LogP contribution in [-0.2, 0) is 4.79 Å². The Hall–Kier alpha value is -2.23. The number of methoxy groups -OCH3 is 2. The number of amides is 1. The van der Waals surface area contributed by atoms with Crippen LogP contribution in [0.4, 0.5) is 5.69 Å². The molecule has 1 aromatic rings. The summed E-state index contributed by atoms with van der Waals surface area (Å²) in [4.78, 5) is 11.7. The minimum atomic E-state index is -0.187. The predicted octanol–water partition coefficient (Wildman–Crippen LogP) is 3.08. The number of allylic oxidation sites excluding steroid dienone is 3. The Morgan fingerprint density at radius 2 is 1.79 bits per heavy atom. The number of carbonyl (C=O) groups is 1. The summed E-state index contributed by atoms with van der Waals surface area (Å²) in [7, 11) is 3.14. The molecule has 0 unspecified atom stereocenters. The van der Waals surface area contributed by atoms with Crippen molar-refractivity contribution in [2.24, 2.45) is 0 Å². The smallest absolute Gasteiger partial charge is 0.248 e. The largest absolute Gasteiger partial charge is 0.493 e. The highest BCUT2D eigenvalue weighted by Crippen LogP contribution is 2.32. The van der Waals surface area contributed by atoms with Gasteiger partial charge in [-0.2, -0.15) is 0 Å². The molecule has 1 N–H and O–H groups in total. The summed E-state index contributed by atoms with van der Waals surface area (Å²) >= 11 is 0. The monoisotopic (exact) mass is 261 g/mol. The van der Waals surface area contributed by atoms with Gasteiger partial charge >= 0.3 is 0 Å². The third kappa shape index (κ3) is 4.17. The Morgan fingerprint density at radius 1 is 1.16 bits per heavy atom.